The minimum atomic E-state index is -0.452. The number of aryl methyl sites for hydroxylation is 1. The lowest BCUT2D eigenvalue weighted by Gasteiger charge is -2.04. The summed E-state index contributed by atoms with van der Waals surface area (Å²) >= 11 is 0. The Hall–Kier alpha value is -5.56. The highest BCUT2D eigenvalue weighted by atomic mass is 19.1. The summed E-state index contributed by atoms with van der Waals surface area (Å²) in [6, 6.07) is 29.9. The summed E-state index contributed by atoms with van der Waals surface area (Å²) in [5.41, 5.74) is 5.06. The van der Waals surface area contributed by atoms with Gasteiger partial charge in [0.15, 0.2) is 5.76 Å². The van der Waals surface area contributed by atoms with Crippen LogP contribution in [0.15, 0.2) is 120 Å². The summed E-state index contributed by atoms with van der Waals surface area (Å²) in [6.45, 7) is 1.94. The number of para-hydroxylation sites is 2. The van der Waals surface area contributed by atoms with Gasteiger partial charge in [-0.2, -0.15) is 5.10 Å². The number of carbonyl (C=O) groups is 2. The van der Waals surface area contributed by atoms with E-state index in [1.54, 1.807) is 59.4 Å². The molecule has 200 valence electrons. The normalized spacial score (nSPS) is 11.3. The second-order valence-corrected chi connectivity index (χ2v) is 9.54. The second kappa shape index (κ2) is 10.9. The first-order valence-electron chi connectivity index (χ1n) is 13.0. The van der Waals surface area contributed by atoms with Crippen LogP contribution in [0.4, 0.5) is 10.1 Å². The van der Waals surface area contributed by atoms with E-state index in [-0.39, 0.29) is 17.4 Å². The van der Waals surface area contributed by atoms with E-state index in [1.165, 1.54) is 18.2 Å². The van der Waals surface area contributed by atoms with Crippen LogP contribution in [0.1, 0.15) is 27.2 Å². The van der Waals surface area contributed by atoms with Gasteiger partial charge < -0.3 is 9.73 Å². The van der Waals surface area contributed by atoms with Crippen LogP contribution in [0, 0.1) is 12.7 Å². The molecule has 0 atom stereocenters. The molecular formula is C34H24FN3O3. The molecule has 0 radical (unpaired) electrons. The topological polar surface area (TPSA) is 77.1 Å². The molecule has 6 nitrogen and oxygen atoms in total. The molecule has 7 heteroatoms. The summed E-state index contributed by atoms with van der Waals surface area (Å²) in [4.78, 5) is 26.6. The lowest BCUT2D eigenvalue weighted by atomic mass is 10.1. The van der Waals surface area contributed by atoms with Crippen LogP contribution in [0.25, 0.3) is 34.0 Å². The summed E-state index contributed by atoms with van der Waals surface area (Å²) in [5, 5.41) is 8.18. The fourth-order valence-electron chi connectivity index (χ4n) is 4.55. The van der Waals surface area contributed by atoms with Crippen LogP contribution in [0.3, 0.4) is 0 Å². The van der Waals surface area contributed by atoms with Crippen molar-refractivity contribution in [3.63, 3.8) is 0 Å². The van der Waals surface area contributed by atoms with Gasteiger partial charge in [0.05, 0.1) is 17.1 Å². The summed E-state index contributed by atoms with van der Waals surface area (Å²) in [7, 11) is 0. The Morgan fingerprint density at radius 3 is 2.34 bits per heavy atom. The van der Waals surface area contributed by atoms with Gasteiger partial charge in [-0.25, -0.2) is 9.07 Å². The molecule has 6 aromatic rings. The zero-order valence-corrected chi connectivity index (χ0v) is 22.0. The van der Waals surface area contributed by atoms with Crippen molar-refractivity contribution in [2.24, 2.45) is 0 Å². The average Bonchev–Trinajstić information content (AvgIpc) is 3.59. The molecule has 2 heterocycles. The number of carbonyl (C=O) groups excluding carboxylic acids is 2. The van der Waals surface area contributed by atoms with Crippen LogP contribution in [0.5, 0.6) is 0 Å². The summed E-state index contributed by atoms with van der Waals surface area (Å²) in [5.74, 6) is -1.08. The molecule has 0 spiro atoms. The number of halogens is 1. The first-order chi connectivity index (χ1) is 20.0. The van der Waals surface area contributed by atoms with Gasteiger partial charge in [-0.05, 0) is 61.5 Å². The number of rotatable bonds is 7. The molecule has 0 aliphatic heterocycles. The number of benzene rings is 4. The summed E-state index contributed by atoms with van der Waals surface area (Å²) < 4.78 is 21.2. The molecule has 4 aromatic carbocycles. The summed E-state index contributed by atoms with van der Waals surface area (Å²) in [6.07, 6.45) is 4.82. The number of anilines is 1. The maximum absolute atomic E-state index is 13.6. The first kappa shape index (κ1) is 25.7. The first-order valence-corrected chi connectivity index (χ1v) is 13.0. The molecule has 1 N–H and O–H groups in total. The van der Waals surface area contributed by atoms with E-state index < -0.39 is 5.91 Å². The Morgan fingerprint density at radius 1 is 0.878 bits per heavy atom. The van der Waals surface area contributed by atoms with Crippen molar-refractivity contribution in [1.29, 1.82) is 0 Å². The fourth-order valence-corrected chi connectivity index (χ4v) is 4.55. The number of hydrogen-bond donors (Lipinski definition) is 1. The number of fused-ring (bicyclic) bond motifs is 1. The number of amides is 1. The molecular weight excluding hydrogens is 517 g/mol. The lowest BCUT2D eigenvalue weighted by Crippen LogP contribution is -2.11. The number of ketones is 1. The van der Waals surface area contributed by atoms with E-state index in [9.17, 15) is 14.0 Å². The highest BCUT2D eigenvalue weighted by molar-refractivity contribution is 6.18. The number of aromatic nitrogens is 2. The van der Waals surface area contributed by atoms with Gasteiger partial charge >= 0.3 is 0 Å². The zero-order chi connectivity index (χ0) is 28.3. The molecule has 0 fully saturated rings. The molecule has 1 amide bonds. The highest BCUT2D eigenvalue weighted by Gasteiger charge is 2.23. The van der Waals surface area contributed by atoms with Crippen molar-refractivity contribution in [3.8, 4) is 16.9 Å². The third kappa shape index (κ3) is 5.33. The van der Waals surface area contributed by atoms with Crippen LogP contribution < -0.4 is 5.32 Å². The van der Waals surface area contributed by atoms with Crippen LogP contribution in [-0.4, -0.2) is 21.5 Å². The molecule has 41 heavy (non-hydrogen) atoms. The third-order valence-electron chi connectivity index (χ3n) is 6.66. The van der Waals surface area contributed by atoms with E-state index in [0.29, 0.717) is 39.0 Å². The number of hydrogen-bond acceptors (Lipinski definition) is 4. The monoisotopic (exact) mass is 541 g/mol. The van der Waals surface area contributed by atoms with Gasteiger partial charge in [-0.3, -0.25) is 9.59 Å². The van der Waals surface area contributed by atoms with Gasteiger partial charge in [0.25, 0.3) is 0 Å². The van der Waals surface area contributed by atoms with Crippen molar-refractivity contribution in [3.05, 3.63) is 144 Å². The molecule has 0 saturated carbocycles. The molecule has 0 unspecified atom stereocenters. The van der Waals surface area contributed by atoms with Crippen LogP contribution in [-0.2, 0) is 4.79 Å². The van der Waals surface area contributed by atoms with E-state index in [2.05, 4.69) is 5.32 Å². The van der Waals surface area contributed by atoms with Crippen LogP contribution >= 0.6 is 0 Å². The molecule has 0 aliphatic rings. The van der Waals surface area contributed by atoms with E-state index in [1.807, 2.05) is 55.5 Å². The standard InChI is InChI=1S/C34H24FN3O3/c1-22-11-13-24(14-12-22)33(40)34-32(28-9-5-6-10-29(28)41-34)36-30(39)20-17-25-21-38(27-7-3-2-4-8-27)37-31(25)23-15-18-26(35)19-16-23/h2-21H,1H3,(H,36,39). The van der Waals surface area contributed by atoms with Crippen molar-refractivity contribution in [2.45, 2.75) is 6.92 Å². The molecule has 2 aromatic heterocycles. The van der Waals surface area contributed by atoms with E-state index in [0.717, 1.165) is 11.3 Å². The minimum absolute atomic E-state index is 0.0562. The minimum Gasteiger partial charge on any atom is -0.450 e. The Balaban J connectivity index is 1.34. The lowest BCUT2D eigenvalue weighted by molar-refractivity contribution is -0.111. The Bertz CT molecular complexity index is 1900. The predicted octanol–water partition coefficient (Wildman–Crippen LogP) is 7.62. The Labute approximate surface area is 235 Å². The maximum atomic E-state index is 13.6. The molecule has 0 bridgehead atoms. The van der Waals surface area contributed by atoms with Crippen molar-refractivity contribution in [2.75, 3.05) is 5.32 Å². The number of nitrogens with one attached hydrogen (secondary N) is 1. The largest absolute Gasteiger partial charge is 0.450 e. The second-order valence-electron chi connectivity index (χ2n) is 9.54. The number of furan rings is 1. The zero-order valence-electron chi connectivity index (χ0n) is 22.0. The van der Waals surface area contributed by atoms with Crippen LogP contribution in [0.2, 0.25) is 0 Å². The predicted molar refractivity (Wildman–Crippen MR) is 157 cm³/mol. The molecule has 0 aliphatic carbocycles. The van der Waals surface area contributed by atoms with Gasteiger partial charge in [0.2, 0.25) is 11.7 Å². The van der Waals surface area contributed by atoms with E-state index in [4.69, 9.17) is 9.52 Å². The van der Waals surface area contributed by atoms with E-state index >= 15 is 0 Å². The third-order valence-corrected chi connectivity index (χ3v) is 6.66. The van der Waals surface area contributed by atoms with Gasteiger partial charge in [-0.1, -0.05) is 60.2 Å². The van der Waals surface area contributed by atoms with Gasteiger partial charge in [0.1, 0.15) is 11.4 Å². The van der Waals surface area contributed by atoms with Crippen molar-refractivity contribution >= 4 is 34.4 Å². The molecule has 0 saturated heterocycles. The highest BCUT2D eigenvalue weighted by Crippen LogP contribution is 2.33. The molecule has 6 rings (SSSR count). The van der Waals surface area contributed by atoms with Crippen molar-refractivity contribution < 1.29 is 18.4 Å². The fraction of sp³-hybridized carbons (Fsp3) is 0.0294. The van der Waals surface area contributed by atoms with Crippen molar-refractivity contribution in [1.82, 2.24) is 9.78 Å². The Kier molecular flexibility index (Phi) is 6.83. The Morgan fingerprint density at radius 2 is 1.59 bits per heavy atom. The van der Waals surface area contributed by atoms with Gasteiger partial charge in [-0.15, -0.1) is 0 Å². The number of nitrogens with zero attached hydrogens (tertiary/aromatic N) is 2. The smallest absolute Gasteiger partial charge is 0.248 e. The quantitative estimate of drug-likeness (QED) is 0.167. The average molecular weight is 542 g/mol. The maximum Gasteiger partial charge on any atom is 0.248 e. The SMILES string of the molecule is Cc1ccc(C(=O)c2oc3ccccc3c2NC(=O)C=Cc2cn(-c3ccccc3)nc2-c2ccc(F)cc2)cc1. The van der Waals surface area contributed by atoms with Gasteiger partial charge in [0, 0.05) is 34.3 Å².